The lowest BCUT2D eigenvalue weighted by Crippen LogP contribution is -2.34. The van der Waals surface area contributed by atoms with E-state index in [2.05, 4.69) is 26.3 Å². The van der Waals surface area contributed by atoms with Gasteiger partial charge in [0.2, 0.25) is 0 Å². The zero-order valence-corrected chi connectivity index (χ0v) is 14.3. The van der Waals surface area contributed by atoms with Gasteiger partial charge in [-0.3, -0.25) is 0 Å². The zero-order chi connectivity index (χ0) is 17.1. The molecular weight excluding hydrogens is 316 g/mol. The predicted octanol–water partition coefficient (Wildman–Crippen LogP) is 1.83. The van der Waals surface area contributed by atoms with Gasteiger partial charge in [-0.1, -0.05) is 18.2 Å². The van der Waals surface area contributed by atoms with Crippen molar-refractivity contribution in [2.24, 2.45) is 0 Å². The second-order valence-corrected chi connectivity index (χ2v) is 6.76. The van der Waals surface area contributed by atoms with E-state index in [-0.39, 0.29) is 0 Å². The number of hydrogen-bond acceptors (Lipinski definition) is 6. The van der Waals surface area contributed by atoms with E-state index in [9.17, 15) is 5.11 Å². The lowest BCUT2D eigenvalue weighted by molar-refractivity contribution is 0.135. The minimum atomic E-state index is -0.405. The van der Waals surface area contributed by atoms with Crippen molar-refractivity contribution in [2.45, 2.75) is 32.0 Å². The summed E-state index contributed by atoms with van der Waals surface area (Å²) in [6.45, 7) is 3.83. The van der Waals surface area contributed by atoms with Gasteiger partial charge in [-0.15, -0.1) is 0 Å². The van der Waals surface area contributed by atoms with E-state index in [0.717, 1.165) is 47.9 Å². The number of anilines is 1. The molecule has 1 atom stereocenters. The minimum absolute atomic E-state index is 0.405. The van der Waals surface area contributed by atoms with Gasteiger partial charge in [0, 0.05) is 25.1 Å². The molecule has 6 heteroatoms. The number of nitrogens with one attached hydrogen (secondary N) is 1. The fourth-order valence-electron chi connectivity index (χ4n) is 3.58. The molecule has 2 aliphatic heterocycles. The van der Waals surface area contributed by atoms with Crippen LogP contribution < -0.4 is 10.1 Å². The second kappa shape index (κ2) is 7.37. The van der Waals surface area contributed by atoms with Gasteiger partial charge in [0.25, 0.3) is 0 Å². The van der Waals surface area contributed by atoms with Gasteiger partial charge in [0.1, 0.15) is 24.5 Å². The van der Waals surface area contributed by atoms with E-state index in [4.69, 9.17) is 4.74 Å². The second-order valence-electron chi connectivity index (χ2n) is 6.76. The molecule has 25 heavy (non-hydrogen) atoms. The Hall–Kier alpha value is -2.18. The molecule has 132 valence electrons. The molecule has 1 aromatic carbocycles. The summed E-state index contributed by atoms with van der Waals surface area (Å²) in [7, 11) is 0. The van der Waals surface area contributed by atoms with Crippen LogP contribution in [0.1, 0.15) is 29.7 Å². The molecule has 0 amide bonds. The average Bonchev–Trinajstić information content (AvgIpc) is 3.05. The fraction of sp³-hybridized carbons (Fsp3) is 0.474. The summed E-state index contributed by atoms with van der Waals surface area (Å²) >= 11 is 0. The number of aliphatic hydroxyl groups excluding tert-OH is 1. The SMILES string of the molecule is O[C@@H](CNc1ncnc2c1Cc1ccccc1OC2)CN1CCCC1. The Bertz CT molecular complexity index is 731. The molecule has 0 unspecified atom stereocenters. The van der Waals surface area contributed by atoms with Gasteiger partial charge < -0.3 is 20.1 Å². The van der Waals surface area contributed by atoms with Crippen LogP contribution in [-0.2, 0) is 13.0 Å². The standard InChI is InChI=1S/C19H24N4O2/c24-15(11-23-7-3-4-8-23)10-20-19-16-9-14-5-1-2-6-18(14)25-12-17(16)21-13-22-19/h1-2,5-6,13,15,24H,3-4,7-12H2,(H,20,21,22)/t15-/m0/s1. The number of β-amino-alcohol motifs (C(OH)–C–C–N with tert-alkyl or cyclic N) is 1. The minimum Gasteiger partial charge on any atom is -0.487 e. The Morgan fingerprint density at radius 3 is 2.92 bits per heavy atom. The molecule has 0 spiro atoms. The zero-order valence-electron chi connectivity index (χ0n) is 14.3. The Labute approximate surface area is 147 Å². The summed E-state index contributed by atoms with van der Waals surface area (Å²) < 4.78 is 5.87. The monoisotopic (exact) mass is 340 g/mol. The Morgan fingerprint density at radius 1 is 1.20 bits per heavy atom. The maximum Gasteiger partial charge on any atom is 0.133 e. The van der Waals surface area contributed by atoms with Gasteiger partial charge in [-0.25, -0.2) is 9.97 Å². The average molecular weight is 340 g/mol. The van der Waals surface area contributed by atoms with Crippen LogP contribution in [0.2, 0.25) is 0 Å². The molecule has 0 saturated carbocycles. The lowest BCUT2D eigenvalue weighted by atomic mass is 10.0. The number of hydrogen-bond donors (Lipinski definition) is 2. The van der Waals surface area contributed by atoms with Crippen molar-refractivity contribution in [3.8, 4) is 5.75 Å². The van der Waals surface area contributed by atoms with Crippen LogP contribution in [0.5, 0.6) is 5.75 Å². The molecule has 4 rings (SSSR count). The van der Waals surface area contributed by atoms with Crippen LogP contribution >= 0.6 is 0 Å². The van der Waals surface area contributed by atoms with Crippen LogP contribution in [0.15, 0.2) is 30.6 Å². The largest absolute Gasteiger partial charge is 0.487 e. The Kier molecular flexibility index (Phi) is 4.81. The van der Waals surface area contributed by atoms with E-state index in [1.54, 1.807) is 6.33 Å². The Morgan fingerprint density at radius 2 is 2.04 bits per heavy atom. The highest BCUT2D eigenvalue weighted by Gasteiger charge is 2.20. The first kappa shape index (κ1) is 16.3. The highest BCUT2D eigenvalue weighted by molar-refractivity contribution is 5.51. The van der Waals surface area contributed by atoms with Crippen molar-refractivity contribution >= 4 is 5.82 Å². The van der Waals surface area contributed by atoms with Gasteiger partial charge in [0.05, 0.1) is 11.8 Å². The summed E-state index contributed by atoms with van der Waals surface area (Å²) in [4.78, 5) is 11.1. The smallest absolute Gasteiger partial charge is 0.133 e. The number of aromatic nitrogens is 2. The van der Waals surface area contributed by atoms with Crippen molar-refractivity contribution in [1.82, 2.24) is 14.9 Å². The molecule has 0 radical (unpaired) electrons. The van der Waals surface area contributed by atoms with E-state index < -0.39 is 6.10 Å². The molecule has 0 bridgehead atoms. The van der Waals surface area contributed by atoms with Crippen molar-refractivity contribution in [3.05, 3.63) is 47.4 Å². The molecule has 0 aliphatic carbocycles. The van der Waals surface area contributed by atoms with Crippen molar-refractivity contribution in [1.29, 1.82) is 0 Å². The molecule has 1 saturated heterocycles. The van der Waals surface area contributed by atoms with E-state index in [0.29, 0.717) is 19.7 Å². The van der Waals surface area contributed by atoms with Gasteiger partial charge in [-0.2, -0.15) is 0 Å². The summed E-state index contributed by atoms with van der Waals surface area (Å²) in [5, 5.41) is 13.6. The number of likely N-dealkylation sites (tertiary alicyclic amines) is 1. The summed E-state index contributed by atoms with van der Waals surface area (Å²) in [5.41, 5.74) is 3.10. The third kappa shape index (κ3) is 3.75. The Balaban J connectivity index is 1.46. The topological polar surface area (TPSA) is 70.5 Å². The molecule has 1 fully saturated rings. The van der Waals surface area contributed by atoms with Crippen LogP contribution in [0.25, 0.3) is 0 Å². The van der Waals surface area contributed by atoms with Crippen LogP contribution in [0.3, 0.4) is 0 Å². The van der Waals surface area contributed by atoms with Gasteiger partial charge in [0.15, 0.2) is 0 Å². The number of ether oxygens (including phenoxy) is 1. The first-order valence-electron chi connectivity index (χ1n) is 8.97. The third-order valence-corrected chi connectivity index (χ3v) is 4.91. The lowest BCUT2D eigenvalue weighted by Gasteiger charge is -2.20. The predicted molar refractivity (Wildman–Crippen MR) is 95.8 cm³/mol. The molecule has 1 aromatic heterocycles. The molecule has 3 heterocycles. The first-order chi connectivity index (χ1) is 12.3. The number of benzene rings is 1. The van der Waals surface area contributed by atoms with Crippen molar-refractivity contribution in [2.75, 3.05) is 31.5 Å². The summed E-state index contributed by atoms with van der Waals surface area (Å²) in [6.07, 6.45) is 4.36. The van der Waals surface area contributed by atoms with Gasteiger partial charge in [-0.05, 0) is 37.6 Å². The summed E-state index contributed by atoms with van der Waals surface area (Å²) in [5.74, 6) is 1.70. The maximum absolute atomic E-state index is 10.3. The first-order valence-corrected chi connectivity index (χ1v) is 8.97. The van der Waals surface area contributed by atoms with E-state index >= 15 is 0 Å². The highest BCUT2D eigenvalue weighted by Crippen LogP contribution is 2.30. The number of para-hydroxylation sites is 1. The van der Waals surface area contributed by atoms with Gasteiger partial charge >= 0.3 is 0 Å². The van der Waals surface area contributed by atoms with Crippen molar-refractivity contribution < 1.29 is 9.84 Å². The van der Waals surface area contributed by atoms with E-state index in [1.807, 2.05) is 18.2 Å². The molecule has 2 aromatic rings. The number of rotatable bonds is 5. The van der Waals surface area contributed by atoms with Crippen LogP contribution in [0, 0.1) is 0 Å². The van der Waals surface area contributed by atoms with E-state index in [1.165, 1.54) is 12.8 Å². The molecular formula is C19H24N4O2. The van der Waals surface area contributed by atoms with Crippen molar-refractivity contribution in [3.63, 3.8) is 0 Å². The maximum atomic E-state index is 10.3. The summed E-state index contributed by atoms with van der Waals surface area (Å²) in [6, 6.07) is 8.06. The molecule has 2 aliphatic rings. The third-order valence-electron chi connectivity index (χ3n) is 4.91. The fourth-order valence-corrected chi connectivity index (χ4v) is 3.58. The number of aliphatic hydroxyl groups is 1. The molecule has 2 N–H and O–H groups in total. The van der Waals surface area contributed by atoms with Crippen LogP contribution in [-0.4, -0.2) is 52.3 Å². The van der Waals surface area contributed by atoms with Crippen LogP contribution in [0.4, 0.5) is 5.82 Å². The number of fused-ring (bicyclic) bond motifs is 2. The highest BCUT2D eigenvalue weighted by atomic mass is 16.5. The number of nitrogens with zero attached hydrogens (tertiary/aromatic N) is 3. The quantitative estimate of drug-likeness (QED) is 0.865. The molecule has 6 nitrogen and oxygen atoms in total. The normalized spacial score (nSPS) is 18.0.